The van der Waals surface area contributed by atoms with E-state index < -0.39 is 0 Å². The minimum absolute atomic E-state index is 0.250. The van der Waals surface area contributed by atoms with Crippen molar-refractivity contribution in [2.75, 3.05) is 13.3 Å². The van der Waals surface area contributed by atoms with Crippen molar-refractivity contribution in [3.8, 4) is 0 Å². The molecule has 0 heterocycles. The summed E-state index contributed by atoms with van der Waals surface area (Å²) < 4.78 is 0. The lowest BCUT2D eigenvalue weighted by atomic mass is 10.2. The number of amides is 1. The molecule has 0 saturated carbocycles. The van der Waals surface area contributed by atoms with Gasteiger partial charge in [0.1, 0.15) is 0 Å². The lowest BCUT2D eigenvalue weighted by Crippen LogP contribution is -2.20. The number of rotatable bonds is 2. The minimum atomic E-state index is -0.332. The van der Waals surface area contributed by atoms with Gasteiger partial charge >= 0.3 is 0 Å². The highest BCUT2D eigenvalue weighted by molar-refractivity contribution is 7.64. The summed E-state index contributed by atoms with van der Waals surface area (Å²) in [7, 11) is -0.250. The molecule has 3 heteroatoms. The molecule has 64 valence electrons. The number of carbonyl (C=O) groups excluding carboxylic acids is 1. The molecule has 0 spiro atoms. The van der Waals surface area contributed by atoms with Gasteiger partial charge in [-0.3, -0.25) is 4.79 Å². The highest BCUT2D eigenvalue weighted by atomic mass is 31.1. The van der Waals surface area contributed by atoms with Crippen molar-refractivity contribution < 1.29 is 4.79 Å². The van der Waals surface area contributed by atoms with E-state index in [-0.39, 0.29) is 13.8 Å². The number of nitrogens with two attached hydrogens (primary N) is 1. The Morgan fingerprint density at radius 1 is 1.33 bits per heavy atom. The molecular weight excluding hydrogens is 169 g/mol. The molecule has 0 fully saturated rings. The molecule has 1 amide bonds. The molecule has 0 bridgehead atoms. The van der Waals surface area contributed by atoms with E-state index >= 15 is 0 Å². The molecular formula is C9H12NOP. The third-order valence-electron chi connectivity index (χ3n) is 1.65. The third-order valence-corrected chi connectivity index (χ3v) is 3.00. The Balaban J connectivity index is 3.17. The lowest BCUT2D eigenvalue weighted by molar-refractivity contribution is 0.100. The molecule has 0 aliphatic heterocycles. The number of carbonyl (C=O) groups is 1. The lowest BCUT2D eigenvalue weighted by Gasteiger charge is -2.09. The van der Waals surface area contributed by atoms with Gasteiger partial charge < -0.3 is 5.73 Å². The van der Waals surface area contributed by atoms with Crippen LogP contribution in [0.2, 0.25) is 0 Å². The van der Waals surface area contributed by atoms with Gasteiger partial charge in [-0.2, -0.15) is 0 Å². The maximum absolute atomic E-state index is 11.0. The van der Waals surface area contributed by atoms with Gasteiger partial charge in [0.15, 0.2) is 0 Å². The standard InChI is InChI=1S/C9H12NOP/c1-12(2)8-6-4-3-5-7(8)9(10)11/h3-6H,1-2H3,(H2,10,11). The number of hydrogen-bond donors (Lipinski definition) is 1. The molecule has 0 aliphatic rings. The zero-order valence-corrected chi connectivity index (χ0v) is 8.14. The van der Waals surface area contributed by atoms with Crippen molar-refractivity contribution in [2.24, 2.45) is 5.73 Å². The summed E-state index contributed by atoms with van der Waals surface area (Å²) in [6.45, 7) is 4.22. The van der Waals surface area contributed by atoms with Crippen LogP contribution in [0.15, 0.2) is 24.3 Å². The summed E-state index contributed by atoms with van der Waals surface area (Å²) in [5.41, 5.74) is 5.88. The molecule has 0 radical (unpaired) electrons. The van der Waals surface area contributed by atoms with Gasteiger partial charge in [0.2, 0.25) is 5.91 Å². The summed E-state index contributed by atoms with van der Waals surface area (Å²) >= 11 is 0. The van der Waals surface area contributed by atoms with Gasteiger partial charge in [-0.05, 0) is 24.7 Å². The van der Waals surface area contributed by atoms with E-state index in [0.29, 0.717) is 5.56 Å². The van der Waals surface area contributed by atoms with Crippen LogP contribution in [0.1, 0.15) is 10.4 Å². The van der Waals surface area contributed by atoms with E-state index in [1.807, 2.05) is 18.2 Å². The van der Waals surface area contributed by atoms with Crippen LogP contribution in [0.25, 0.3) is 0 Å². The Labute approximate surface area is 73.5 Å². The van der Waals surface area contributed by atoms with Crippen molar-refractivity contribution in [2.45, 2.75) is 0 Å². The average Bonchev–Trinajstić information content (AvgIpc) is 2.04. The van der Waals surface area contributed by atoms with Crippen molar-refractivity contribution in [3.63, 3.8) is 0 Å². The van der Waals surface area contributed by atoms with Crippen LogP contribution in [-0.2, 0) is 0 Å². The first kappa shape index (κ1) is 9.21. The summed E-state index contributed by atoms with van der Waals surface area (Å²) in [5, 5.41) is 1.08. The number of benzene rings is 1. The predicted molar refractivity (Wildman–Crippen MR) is 53.4 cm³/mol. The zero-order valence-electron chi connectivity index (χ0n) is 7.24. The van der Waals surface area contributed by atoms with Crippen molar-refractivity contribution in [1.82, 2.24) is 0 Å². The van der Waals surface area contributed by atoms with Gasteiger partial charge in [-0.1, -0.05) is 26.1 Å². The van der Waals surface area contributed by atoms with Crippen molar-refractivity contribution >= 4 is 19.1 Å². The predicted octanol–water partition coefficient (Wildman–Crippen LogP) is 1.15. The van der Waals surface area contributed by atoms with Crippen LogP contribution in [-0.4, -0.2) is 19.2 Å². The molecule has 0 atom stereocenters. The minimum Gasteiger partial charge on any atom is -0.366 e. The topological polar surface area (TPSA) is 43.1 Å². The fraction of sp³-hybridized carbons (Fsp3) is 0.222. The monoisotopic (exact) mass is 181 g/mol. The highest BCUT2D eigenvalue weighted by Crippen LogP contribution is 2.24. The molecule has 0 aromatic heterocycles. The van der Waals surface area contributed by atoms with Crippen molar-refractivity contribution in [1.29, 1.82) is 0 Å². The summed E-state index contributed by atoms with van der Waals surface area (Å²) in [4.78, 5) is 11.0. The molecule has 0 aliphatic carbocycles. The van der Waals surface area contributed by atoms with E-state index in [4.69, 9.17) is 5.73 Å². The Kier molecular flexibility index (Phi) is 2.83. The van der Waals surface area contributed by atoms with Crippen LogP contribution in [0.5, 0.6) is 0 Å². The summed E-state index contributed by atoms with van der Waals surface area (Å²) in [6.07, 6.45) is 0. The SMILES string of the molecule is CP(C)c1ccccc1C(N)=O. The van der Waals surface area contributed by atoms with Crippen LogP contribution in [0.3, 0.4) is 0 Å². The van der Waals surface area contributed by atoms with Gasteiger partial charge in [0, 0.05) is 5.56 Å². The van der Waals surface area contributed by atoms with Crippen LogP contribution in [0.4, 0.5) is 0 Å². The van der Waals surface area contributed by atoms with Gasteiger partial charge in [-0.25, -0.2) is 0 Å². The van der Waals surface area contributed by atoms with E-state index in [0.717, 1.165) is 5.30 Å². The highest BCUT2D eigenvalue weighted by Gasteiger charge is 2.08. The maximum Gasteiger partial charge on any atom is 0.249 e. The van der Waals surface area contributed by atoms with E-state index in [9.17, 15) is 4.79 Å². The first-order valence-corrected chi connectivity index (χ1v) is 5.92. The Hall–Kier alpha value is -0.880. The molecule has 12 heavy (non-hydrogen) atoms. The average molecular weight is 181 g/mol. The van der Waals surface area contributed by atoms with E-state index in [1.54, 1.807) is 6.07 Å². The Morgan fingerprint density at radius 3 is 2.33 bits per heavy atom. The normalized spacial score (nSPS) is 10.2. The second-order valence-electron chi connectivity index (χ2n) is 2.78. The van der Waals surface area contributed by atoms with E-state index in [1.165, 1.54) is 0 Å². The Morgan fingerprint density at radius 2 is 1.92 bits per heavy atom. The zero-order chi connectivity index (χ0) is 9.14. The number of primary amides is 1. The third kappa shape index (κ3) is 1.83. The van der Waals surface area contributed by atoms with Crippen LogP contribution in [0, 0.1) is 0 Å². The molecule has 0 unspecified atom stereocenters. The van der Waals surface area contributed by atoms with Gasteiger partial charge in [-0.15, -0.1) is 0 Å². The second-order valence-corrected chi connectivity index (χ2v) is 5.05. The quantitative estimate of drug-likeness (QED) is 0.683. The molecule has 2 nitrogen and oxygen atoms in total. The van der Waals surface area contributed by atoms with Crippen molar-refractivity contribution in [3.05, 3.63) is 29.8 Å². The fourth-order valence-electron chi connectivity index (χ4n) is 1.07. The molecule has 2 N–H and O–H groups in total. The van der Waals surface area contributed by atoms with Crippen LogP contribution >= 0.6 is 7.92 Å². The first-order valence-electron chi connectivity index (χ1n) is 3.69. The summed E-state index contributed by atoms with van der Waals surface area (Å²) in [6, 6.07) is 7.51. The molecule has 1 aromatic carbocycles. The Bertz CT molecular complexity index is 296. The van der Waals surface area contributed by atoms with Gasteiger partial charge in [0.05, 0.1) is 0 Å². The number of hydrogen-bond acceptors (Lipinski definition) is 1. The fourth-order valence-corrected chi connectivity index (χ4v) is 2.12. The van der Waals surface area contributed by atoms with Crippen LogP contribution < -0.4 is 11.0 Å². The maximum atomic E-state index is 11.0. The van der Waals surface area contributed by atoms with E-state index in [2.05, 4.69) is 13.3 Å². The van der Waals surface area contributed by atoms with Gasteiger partial charge in [0.25, 0.3) is 0 Å². The summed E-state index contributed by atoms with van der Waals surface area (Å²) in [5.74, 6) is -0.332. The second kappa shape index (κ2) is 3.68. The first-order chi connectivity index (χ1) is 5.63. The molecule has 0 saturated heterocycles. The largest absolute Gasteiger partial charge is 0.366 e. The molecule has 1 aromatic rings. The molecule has 1 rings (SSSR count). The smallest absolute Gasteiger partial charge is 0.249 e.